The van der Waals surface area contributed by atoms with Crippen LogP contribution < -0.4 is 10.2 Å². The minimum atomic E-state index is -0.153. The Balaban J connectivity index is 1.94. The lowest BCUT2D eigenvalue weighted by atomic mass is 10.1. The zero-order chi connectivity index (χ0) is 16.1. The average molecular weight is 322 g/mol. The highest BCUT2D eigenvalue weighted by Crippen LogP contribution is 2.16. The summed E-state index contributed by atoms with van der Waals surface area (Å²) in [6.45, 7) is 3.38. The van der Waals surface area contributed by atoms with Crippen LogP contribution in [0.5, 0.6) is 0 Å². The van der Waals surface area contributed by atoms with Crippen LogP contribution in [0.4, 0.5) is 5.82 Å². The molecule has 0 bridgehead atoms. The van der Waals surface area contributed by atoms with Crippen LogP contribution in [-0.4, -0.2) is 41.3 Å². The molecule has 22 heavy (non-hydrogen) atoms. The molecular formula is C15H20ClN5O. The van der Waals surface area contributed by atoms with Crippen LogP contribution in [0.1, 0.15) is 17.3 Å². The number of pyridine rings is 1. The Morgan fingerprint density at radius 3 is 2.86 bits per heavy atom. The fourth-order valence-corrected chi connectivity index (χ4v) is 2.21. The maximum atomic E-state index is 12.2. The van der Waals surface area contributed by atoms with Gasteiger partial charge in [0.25, 0.3) is 5.91 Å². The number of amides is 1. The van der Waals surface area contributed by atoms with Crippen molar-refractivity contribution in [2.24, 2.45) is 5.92 Å². The molecule has 1 amide bonds. The summed E-state index contributed by atoms with van der Waals surface area (Å²) in [5.41, 5.74) is 0.509. The van der Waals surface area contributed by atoms with E-state index in [1.807, 2.05) is 35.9 Å². The van der Waals surface area contributed by atoms with Crippen molar-refractivity contribution >= 4 is 23.3 Å². The minimum Gasteiger partial charge on any atom is -0.363 e. The van der Waals surface area contributed by atoms with Gasteiger partial charge in [-0.1, -0.05) is 18.5 Å². The van der Waals surface area contributed by atoms with Gasteiger partial charge in [-0.25, -0.2) is 4.98 Å². The standard InChI is InChI=1S/C15H20ClN5O/c1-11(10-21-6-4-5-18-21)9-17-15(22)12-7-13(16)19-14(8-12)20(2)3/h4-8,11H,9-10H2,1-3H3,(H,17,22)/t11-/m1/s1. The lowest BCUT2D eigenvalue weighted by molar-refractivity contribution is 0.0946. The molecular weight excluding hydrogens is 302 g/mol. The molecule has 1 N–H and O–H groups in total. The average Bonchev–Trinajstić information content (AvgIpc) is 2.96. The molecule has 2 heterocycles. The summed E-state index contributed by atoms with van der Waals surface area (Å²) in [4.78, 5) is 18.2. The maximum absolute atomic E-state index is 12.2. The van der Waals surface area contributed by atoms with Crippen LogP contribution >= 0.6 is 11.6 Å². The van der Waals surface area contributed by atoms with Crippen molar-refractivity contribution in [3.05, 3.63) is 41.3 Å². The zero-order valence-corrected chi connectivity index (χ0v) is 13.7. The monoisotopic (exact) mass is 321 g/mol. The molecule has 118 valence electrons. The fraction of sp³-hybridized carbons (Fsp3) is 0.400. The number of rotatable bonds is 6. The third-order valence-electron chi connectivity index (χ3n) is 3.17. The van der Waals surface area contributed by atoms with E-state index >= 15 is 0 Å². The molecule has 0 aliphatic carbocycles. The van der Waals surface area contributed by atoms with Gasteiger partial charge in [0, 0.05) is 45.1 Å². The van der Waals surface area contributed by atoms with E-state index in [1.165, 1.54) is 0 Å². The molecule has 2 aromatic heterocycles. The molecule has 0 aliphatic rings. The highest BCUT2D eigenvalue weighted by molar-refractivity contribution is 6.29. The van der Waals surface area contributed by atoms with Gasteiger partial charge in [-0.15, -0.1) is 0 Å². The molecule has 0 unspecified atom stereocenters. The van der Waals surface area contributed by atoms with Crippen LogP contribution in [0.25, 0.3) is 0 Å². The van der Waals surface area contributed by atoms with E-state index in [4.69, 9.17) is 11.6 Å². The van der Waals surface area contributed by atoms with Gasteiger partial charge >= 0.3 is 0 Å². The van der Waals surface area contributed by atoms with Crippen LogP contribution in [0.3, 0.4) is 0 Å². The maximum Gasteiger partial charge on any atom is 0.251 e. The topological polar surface area (TPSA) is 63.1 Å². The van der Waals surface area contributed by atoms with E-state index in [9.17, 15) is 4.79 Å². The van der Waals surface area contributed by atoms with Crippen LogP contribution in [-0.2, 0) is 6.54 Å². The summed E-state index contributed by atoms with van der Waals surface area (Å²) >= 11 is 5.97. The minimum absolute atomic E-state index is 0.153. The lowest BCUT2D eigenvalue weighted by Gasteiger charge is -2.15. The molecule has 6 nitrogen and oxygen atoms in total. The second-order valence-corrected chi connectivity index (χ2v) is 5.86. The molecule has 2 aromatic rings. The van der Waals surface area contributed by atoms with Gasteiger partial charge in [0.1, 0.15) is 11.0 Å². The van der Waals surface area contributed by atoms with E-state index in [2.05, 4.69) is 22.3 Å². The van der Waals surface area contributed by atoms with Crippen molar-refractivity contribution in [3.63, 3.8) is 0 Å². The summed E-state index contributed by atoms with van der Waals surface area (Å²) in [5, 5.41) is 7.38. The number of hydrogen-bond donors (Lipinski definition) is 1. The van der Waals surface area contributed by atoms with E-state index < -0.39 is 0 Å². The second-order valence-electron chi connectivity index (χ2n) is 5.47. The number of anilines is 1. The Labute approximate surface area is 135 Å². The SMILES string of the molecule is C[C@H](CNC(=O)c1cc(Cl)nc(N(C)C)c1)Cn1cccn1. The van der Waals surface area contributed by atoms with E-state index in [-0.39, 0.29) is 11.8 Å². The molecule has 7 heteroatoms. The lowest BCUT2D eigenvalue weighted by Crippen LogP contribution is -2.30. The van der Waals surface area contributed by atoms with Gasteiger partial charge in [-0.2, -0.15) is 5.10 Å². The summed E-state index contributed by atoms with van der Waals surface area (Å²) in [7, 11) is 3.71. The number of aromatic nitrogens is 3. The van der Waals surface area contributed by atoms with Crippen LogP contribution in [0.15, 0.2) is 30.6 Å². The number of nitrogens with zero attached hydrogens (tertiary/aromatic N) is 4. The van der Waals surface area contributed by atoms with Gasteiger partial charge in [0.05, 0.1) is 0 Å². The summed E-state index contributed by atoms with van der Waals surface area (Å²) in [6, 6.07) is 5.18. The van der Waals surface area contributed by atoms with Gasteiger partial charge in [0.15, 0.2) is 0 Å². The first-order chi connectivity index (χ1) is 10.5. The van der Waals surface area contributed by atoms with Gasteiger partial charge in [0.2, 0.25) is 0 Å². The van der Waals surface area contributed by atoms with Crippen LogP contribution in [0.2, 0.25) is 5.15 Å². The van der Waals surface area contributed by atoms with Crippen molar-refractivity contribution in [2.75, 3.05) is 25.5 Å². The smallest absolute Gasteiger partial charge is 0.251 e. The number of nitrogens with one attached hydrogen (secondary N) is 1. The molecule has 0 aliphatic heterocycles. The van der Waals surface area contributed by atoms with E-state index in [0.29, 0.717) is 23.1 Å². The first kappa shape index (κ1) is 16.3. The Kier molecular flexibility index (Phi) is 5.38. The summed E-state index contributed by atoms with van der Waals surface area (Å²) in [6.07, 6.45) is 3.65. The van der Waals surface area contributed by atoms with Crippen molar-refractivity contribution < 1.29 is 4.79 Å². The number of carbonyl (C=O) groups is 1. The quantitative estimate of drug-likeness (QED) is 0.827. The van der Waals surface area contributed by atoms with Crippen molar-refractivity contribution in [2.45, 2.75) is 13.5 Å². The zero-order valence-electron chi connectivity index (χ0n) is 13.0. The number of carbonyl (C=O) groups excluding carboxylic acids is 1. The second kappa shape index (κ2) is 7.26. The molecule has 0 aromatic carbocycles. The third kappa shape index (κ3) is 4.46. The predicted molar refractivity (Wildman–Crippen MR) is 87.3 cm³/mol. The predicted octanol–water partition coefficient (Wildman–Crippen LogP) is 2.06. The Morgan fingerprint density at radius 1 is 1.45 bits per heavy atom. The van der Waals surface area contributed by atoms with Crippen molar-refractivity contribution in [3.8, 4) is 0 Å². The number of hydrogen-bond acceptors (Lipinski definition) is 4. The largest absolute Gasteiger partial charge is 0.363 e. The molecule has 1 atom stereocenters. The van der Waals surface area contributed by atoms with E-state index in [1.54, 1.807) is 18.3 Å². The summed E-state index contributed by atoms with van der Waals surface area (Å²) in [5.74, 6) is 0.774. The molecule has 2 rings (SSSR count). The van der Waals surface area contributed by atoms with Gasteiger partial charge < -0.3 is 10.2 Å². The molecule has 0 fully saturated rings. The first-order valence-corrected chi connectivity index (χ1v) is 7.44. The van der Waals surface area contributed by atoms with Crippen molar-refractivity contribution in [1.29, 1.82) is 0 Å². The molecule has 0 spiro atoms. The Hall–Kier alpha value is -2.08. The first-order valence-electron chi connectivity index (χ1n) is 7.06. The number of halogens is 1. The Morgan fingerprint density at radius 2 is 2.23 bits per heavy atom. The highest BCUT2D eigenvalue weighted by atomic mass is 35.5. The summed E-state index contributed by atoms with van der Waals surface area (Å²) < 4.78 is 1.85. The molecule has 0 saturated carbocycles. The van der Waals surface area contributed by atoms with Crippen molar-refractivity contribution in [1.82, 2.24) is 20.1 Å². The van der Waals surface area contributed by atoms with Crippen LogP contribution in [0, 0.1) is 5.92 Å². The highest BCUT2D eigenvalue weighted by Gasteiger charge is 2.12. The molecule has 0 radical (unpaired) electrons. The Bertz CT molecular complexity index is 627. The normalized spacial score (nSPS) is 12.0. The molecule has 0 saturated heterocycles. The van der Waals surface area contributed by atoms with Gasteiger partial charge in [-0.3, -0.25) is 9.48 Å². The van der Waals surface area contributed by atoms with E-state index in [0.717, 1.165) is 6.54 Å². The third-order valence-corrected chi connectivity index (χ3v) is 3.36. The van der Waals surface area contributed by atoms with Gasteiger partial charge in [-0.05, 0) is 24.1 Å². The fourth-order valence-electron chi connectivity index (χ4n) is 2.00.